The zero-order valence-corrected chi connectivity index (χ0v) is 13.4. The van der Waals surface area contributed by atoms with Crippen LogP contribution in [0.4, 0.5) is 5.69 Å². The Kier molecular flexibility index (Phi) is 4.64. The number of aromatic amines is 1. The molecule has 2 aromatic carbocycles. The number of benzene rings is 2. The third kappa shape index (κ3) is 3.72. The first-order valence-corrected chi connectivity index (χ1v) is 8.16. The molecular formula is C16H12ClN3O2S. The molecule has 0 saturated carbocycles. The Bertz CT molecular complexity index is 926. The number of carbonyl (C=O) groups excluding carboxylic acids is 1. The molecule has 0 fully saturated rings. The Balaban J connectivity index is 1.70. The van der Waals surface area contributed by atoms with Gasteiger partial charge in [0.25, 0.3) is 5.56 Å². The van der Waals surface area contributed by atoms with Crippen molar-refractivity contribution in [2.45, 2.75) is 5.16 Å². The van der Waals surface area contributed by atoms with Gasteiger partial charge in [-0.2, -0.15) is 0 Å². The van der Waals surface area contributed by atoms with Crippen molar-refractivity contribution in [2.24, 2.45) is 0 Å². The van der Waals surface area contributed by atoms with Gasteiger partial charge in [0, 0.05) is 0 Å². The van der Waals surface area contributed by atoms with E-state index in [0.29, 0.717) is 26.8 Å². The van der Waals surface area contributed by atoms with Crippen LogP contribution in [0.15, 0.2) is 58.5 Å². The second-order valence-corrected chi connectivity index (χ2v) is 6.08. The molecule has 0 radical (unpaired) electrons. The van der Waals surface area contributed by atoms with Gasteiger partial charge >= 0.3 is 0 Å². The first-order valence-electron chi connectivity index (χ1n) is 6.80. The lowest BCUT2D eigenvalue weighted by Crippen LogP contribution is -2.15. The minimum absolute atomic E-state index is 0.118. The molecule has 0 saturated heterocycles. The lowest BCUT2D eigenvalue weighted by Gasteiger charge is -2.06. The van der Waals surface area contributed by atoms with Crippen molar-refractivity contribution < 1.29 is 4.79 Å². The van der Waals surface area contributed by atoms with Gasteiger partial charge in [-0.05, 0) is 24.3 Å². The van der Waals surface area contributed by atoms with Gasteiger partial charge in [0.1, 0.15) is 0 Å². The first-order chi connectivity index (χ1) is 11.1. The van der Waals surface area contributed by atoms with E-state index in [2.05, 4.69) is 15.3 Å². The second kappa shape index (κ2) is 6.85. The summed E-state index contributed by atoms with van der Waals surface area (Å²) in [7, 11) is 0. The van der Waals surface area contributed by atoms with Crippen LogP contribution in [0, 0.1) is 0 Å². The monoisotopic (exact) mass is 345 g/mol. The summed E-state index contributed by atoms with van der Waals surface area (Å²) < 4.78 is 0. The molecule has 0 unspecified atom stereocenters. The summed E-state index contributed by atoms with van der Waals surface area (Å²) >= 11 is 7.15. The minimum Gasteiger partial charge on any atom is -0.324 e. The van der Waals surface area contributed by atoms with Crippen LogP contribution in [0.25, 0.3) is 10.9 Å². The molecule has 1 heterocycles. The zero-order chi connectivity index (χ0) is 16.2. The number of thioether (sulfide) groups is 1. The fourth-order valence-corrected chi connectivity index (χ4v) is 2.87. The van der Waals surface area contributed by atoms with E-state index >= 15 is 0 Å². The molecule has 5 nitrogen and oxygen atoms in total. The number of nitrogens with one attached hydrogen (secondary N) is 2. The Labute approximate surface area is 141 Å². The molecule has 1 aromatic heterocycles. The van der Waals surface area contributed by atoms with Crippen LogP contribution in [0.1, 0.15) is 0 Å². The molecule has 0 aliphatic heterocycles. The lowest BCUT2D eigenvalue weighted by molar-refractivity contribution is -0.113. The standard InChI is InChI=1S/C16H12ClN3O2S/c17-11-6-2-4-8-13(11)18-14(21)9-23-16-19-12-7-3-1-5-10(12)15(22)20-16/h1-8H,9H2,(H,18,21)(H,19,20,22). The average Bonchev–Trinajstić information content (AvgIpc) is 2.55. The van der Waals surface area contributed by atoms with E-state index < -0.39 is 0 Å². The highest BCUT2D eigenvalue weighted by Gasteiger charge is 2.09. The summed E-state index contributed by atoms with van der Waals surface area (Å²) in [5.41, 5.74) is 0.939. The number of amides is 1. The Morgan fingerprint density at radius 3 is 2.74 bits per heavy atom. The van der Waals surface area contributed by atoms with Crippen molar-refractivity contribution in [1.82, 2.24) is 9.97 Å². The molecular weight excluding hydrogens is 334 g/mol. The predicted octanol–water partition coefficient (Wildman–Crippen LogP) is 3.31. The van der Waals surface area contributed by atoms with Crippen LogP contribution >= 0.6 is 23.4 Å². The molecule has 3 aromatic rings. The number of H-pyrrole nitrogens is 1. The minimum atomic E-state index is -0.223. The molecule has 23 heavy (non-hydrogen) atoms. The van der Waals surface area contributed by atoms with Gasteiger partial charge < -0.3 is 10.3 Å². The van der Waals surface area contributed by atoms with Crippen LogP contribution < -0.4 is 10.9 Å². The molecule has 1 amide bonds. The maximum atomic E-state index is 12.0. The predicted molar refractivity (Wildman–Crippen MR) is 93.2 cm³/mol. The zero-order valence-electron chi connectivity index (χ0n) is 11.9. The van der Waals surface area contributed by atoms with Gasteiger partial charge in [0.2, 0.25) is 5.91 Å². The van der Waals surface area contributed by atoms with Crippen LogP contribution in [-0.4, -0.2) is 21.6 Å². The van der Waals surface area contributed by atoms with Crippen LogP contribution in [0.3, 0.4) is 0 Å². The smallest absolute Gasteiger partial charge is 0.259 e. The van der Waals surface area contributed by atoms with Gasteiger partial charge in [-0.1, -0.05) is 47.6 Å². The molecule has 2 N–H and O–H groups in total. The summed E-state index contributed by atoms with van der Waals surface area (Å²) in [6.45, 7) is 0. The van der Waals surface area contributed by atoms with Crippen molar-refractivity contribution in [2.75, 3.05) is 11.1 Å². The molecule has 0 bridgehead atoms. The Hall–Kier alpha value is -2.31. The molecule has 0 spiro atoms. The van der Waals surface area contributed by atoms with E-state index in [1.54, 1.807) is 42.5 Å². The van der Waals surface area contributed by atoms with Crippen molar-refractivity contribution >= 4 is 45.9 Å². The summed E-state index contributed by atoms with van der Waals surface area (Å²) in [4.78, 5) is 30.9. The number of fused-ring (bicyclic) bond motifs is 1. The molecule has 7 heteroatoms. The number of nitrogens with zero attached hydrogens (tertiary/aromatic N) is 1. The highest BCUT2D eigenvalue weighted by molar-refractivity contribution is 7.99. The highest BCUT2D eigenvalue weighted by Crippen LogP contribution is 2.21. The number of carbonyl (C=O) groups is 1. The molecule has 3 rings (SSSR count). The van der Waals surface area contributed by atoms with Crippen LogP contribution in [-0.2, 0) is 4.79 Å². The second-order valence-electron chi connectivity index (χ2n) is 4.70. The van der Waals surface area contributed by atoms with E-state index in [-0.39, 0.29) is 17.2 Å². The van der Waals surface area contributed by atoms with E-state index in [4.69, 9.17) is 11.6 Å². The number of rotatable bonds is 4. The van der Waals surface area contributed by atoms with Gasteiger partial charge in [-0.15, -0.1) is 0 Å². The fraction of sp³-hybridized carbons (Fsp3) is 0.0625. The number of hydrogen-bond donors (Lipinski definition) is 2. The summed E-state index contributed by atoms with van der Waals surface area (Å²) in [6.07, 6.45) is 0. The number of para-hydroxylation sites is 2. The van der Waals surface area contributed by atoms with Crippen LogP contribution in [0.5, 0.6) is 0 Å². The maximum absolute atomic E-state index is 12.0. The fourth-order valence-electron chi connectivity index (χ4n) is 2.02. The van der Waals surface area contributed by atoms with Gasteiger partial charge in [-0.25, -0.2) is 4.98 Å². The maximum Gasteiger partial charge on any atom is 0.259 e. The van der Waals surface area contributed by atoms with Crippen LogP contribution in [0.2, 0.25) is 5.02 Å². The largest absolute Gasteiger partial charge is 0.324 e. The average molecular weight is 346 g/mol. The number of aromatic nitrogens is 2. The van der Waals surface area contributed by atoms with Crippen molar-refractivity contribution in [3.63, 3.8) is 0 Å². The Morgan fingerprint density at radius 2 is 1.91 bits per heavy atom. The summed E-state index contributed by atoms with van der Waals surface area (Å²) in [6, 6.07) is 14.1. The summed E-state index contributed by atoms with van der Waals surface area (Å²) in [5.74, 6) is -0.106. The molecule has 0 aliphatic rings. The number of anilines is 1. The third-order valence-corrected chi connectivity index (χ3v) is 4.28. The van der Waals surface area contributed by atoms with Crippen molar-refractivity contribution in [3.8, 4) is 0 Å². The van der Waals surface area contributed by atoms with Crippen molar-refractivity contribution in [1.29, 1.82) is 0 Å². The number of halogens is 1. The van der Waals surface area contributed by atoms with Gasteiger partial charge in [0.05, 0.1) is 27.4 Å². The van der Waals surface area contributed by atoms with Gasteiger partial charge in [-0.3, -0.25) is 9.59 Å². The Morgan fingerprint density at radius 1 is 1.17 bits per heavy atom. The van der Waals surface area contributed by atoms with Gasteiger partial charge in [0.15, 0.2) is 5.16 Å². The van der Waals surface area contributed by atoms with E-state index in [0.717, 1.165) is 11.8 Å². The van der Waals surface area contributed by atoms with E-state index in [1.165, 1.54) is 0 Å². The first kappa shape index (κ1) is 15.6. The lowest BCUT2D eigenvalue weighted by atomic mass is 10.2. The molecule has 116 valence electrons. The van der Waals surface area contributed by atoms with E-state index in [1.807, 2.05) is 6.07 Å². The quantitative estimate of drug-likeness (QED) is 0.562. The van der Waals surface area contributed by atoms with Crippen molar-refractivity contribution in [3.05, 3.63) is 63.9 Å². The highest BCUT2D eigenvalue weighted by atomic mass is 35.5. The molecule has 0 atom stereocenters. The third-order valence-electron chi connectivity index (χ3n) is 3.08. The normalized spacial score (nSPS) is 10.7. The SMILES string of the molecule is O=C(CSc1nc2ccccc2c(=O)[nH]1)Nc1ccccc1Cl. The topological polar surface area (TPSA) is 74.8 Å². The van der Waals surface area contributed by atoms with E-state index in [9.17, 15) is 9.59 Å². The number of hydrogen-bond acceptors (Lipinski definition) is 4. The summed E-state index contributed by atoms with van der Waals surface area (Å²) in [5, 5.41) is 4.13. The molecule has 0 aliphatic carbocycles.